The maximum absolute atomic E-state index is 13.5. The van der Waals surface area contributed by atoms with Crippen LogP contribution < -0.4 is 0 Å². The zero-order valence-electron chi connectivity index (χ0n) is 14.1. The molecule has 0 aliphatic heterocycles. The Balaban J connectivity index is 1.99. The van der Waals surface area contributed by atoms with Crippen molar-refractivity contribution >= 4 is 10.8 Å². The lowest BCUT2D eigenvalue weighted by atomic mass is 9.82. The highest BCUT2D eigenvalue weighted by Crippen LogP contribution is 2.37. The minimum atomic E-state index is -0.276. The Morgan fingerprint density at radius 3 is 1.77 bits per heavy atom. The van der Waals surface area contributed by atoms with Crippen molar-refractivity contribution in [3.05, 3.63) is 126 Å². The van der Waals surface area contributed by atoms with Crippen LogP contribution in [0, 0.1) is 18.6 Å². The molecule has 0 aliphatic rings. The van der Waals surface area contributed by atoms with Crippen LogP contribution in [0.15, 0.2) is 84.9 Å². The molecule has 4 aromatic carbocycles. The third-order valence-corrected chi connectivity index (χ3v) is 4.67. The highest BCUT2D eigenvalue weighted by atomic mass is 19.1. The summed E-state index contributed by atoms with van der Waals surface area (Å²) >= 11 is 0. The van der Waals surface area contributed by atoms with E-state index in [4.69, 9.17) is 0 Å². The molecule has 0 nitrogen and oxygen atoms in total. The van der Waals surface area contributed by atoms with Crippen LogP contribution in [0.1, 0.15) is 28.2 Å². The molecule has 0 amide bonds. The molecule has 4 aromatic rings. The number of hydrogen-bond acceptors (Lipinski definition) is 0. The zero-order chi connectivity index (χ0) is 18.1. The van der Waals surface area contributed by atoms with Crippen LogP contribution in [-0.4, -0.2) is 0 Å². The van der Waals surface area contributed by atoms with E-state index in [9.17, 15) is 8.78 Å². The Kier molecular flexibility index (Phi) is 4.26. The van der Waals surface area contributed by atoms with Crippen molar-refractivity contribution in [1.29, 1.82) is 0 Å². The lowest BCUT2D eigenvalue weighted by Crippen LogP contribution is -2.05. The summed E-state index contributed by atoms with van der Waals surface area (Å²) in [4.78, 5) is 0. The van der Waals surface area contributed by atoms with Crippen molar-refractivity contribution in [3.63, 3.8) is 0 Å². The molecule has 2 heteroatoms. The summed E-state index contributed by atoms with van der Waals surface area (Å²) in [6, 6.07) is 25.2. The van der Waals surface area contributed by atoms with Gasteiger partial charge in [-0.1, -0.05) is 60.7 Å². The van der Waals surface area contributed by atoms with Gasteiger partial charge in [0, 0.05) is 5.92 Å². The molecule has 0 N–H and O–H groups in total. The number of fused-ring (bicyclic) bond motifs is 1. The molecule has 0 unspecified atom stereocenters. The van der Waals surface area contributed by atoms with Crippen molar-refractivity contribution in [2.75, 3.05) is 0 Å². The molecule has 0 aromatic heterocycles. The Morgan fingerprint density at radius 2 is 1.19 bits per heavy atom. The van der Waals surface area contributed by atoms with Crippen LogP contribution in [0.25, 0.3) is 10.8 Å². The quantitative estimate of drug-likeness (QED) is 0.373. The third kappa shape index (κ3) is 3.11. The third-order valence-electron chi connectivity index (χ3n) is 4.67. The topological polar surface area (TPSA) is 0 Å². The molecule has 0 fully saturated rings. The minimum Gasteiger partial charge on any atom is -0.207 e. The van der Waals surface area contributed by atoms with Crippen molar-refractivity contribution < 1.29 is 8.78 Å². The summed E-state index contributed by atoms with van der Waals surface area (Å²) < 4.78 is 26.9. The summed E-state index contributed by atoms with van der Waals surface area (Å²) in [6.45, 7) is 4.11. The standard InChI is InChI=1S/C24H17F2/c1-16-14-19-4-2-3-5-22(19)23(15-16)24(17-6-10-20(25)11-7-17)18-8-12-21(26)13-9-18/h2-15,24H,1H2. The average molecular weight is 343 g/mol. The minimum absolute atomic E-state index is 0.136. The van der Waals surface area contributed by atoms with E-state index in [1.165, 1.54) is 24.3 Å². The Bertz CT molecular complexity index is 1000. The summed E-state index contributed by atoms with van der Waals surface area (Å²) in [5.41, 5.74) is 3.89. The second-order valence-electron chi connectivity index (χ2n) is 6.44. The van der Waals surface area contributed by atoms with Crippen molar-refractivity contribution in [3.8, 4) is 0 Å². The van der Waals surface area contributed by atoms with Gasteiger partial charge in [-0.25, -0.2) is 8.78 Å². The maximum Gasteiger partial charge on any atom is 0.123 e. The highest BCUT2D eigenvalue weighted by molar-refractivity contribution is 5.88. The van der Waals surface area contributed by atoms with Crippen LogP contribution >= 0.6 is 0 Å². The monoisotopic (exact) mass is 343 g/mol. The van der Waals surface area contributed by atoms with Gasteiger partial charge in [0.25, 0.3) is 0 Å². The van der Waals surface area contributed by atoms with Gasteiger partial charge in [0.1, 0.15) is 11.6 Å². The molecule has 0 saturated heterocycles. The molecule has 0 spiro atoms. The van der Waals surface area contributed by atoms with Crippen molar-refractivity contribution in [1.82, 2.24) is 0 Å². The number of benzene rings is 4. The lowest BCUT2D eigenvalue weighted by Gasteiger charge is -2.21. The molecule has 0 saturated carbocycles. The molecule has 0 aliphatic carbocycles. The van der Waals surface area contributed by atoms with E-state index >= 15 is 0 Å². The molecule has 0 bridgehead atoms. The molecule has 26 heavy (non-hydrogen) atoms. The lowest BCUT2D eigenvalue weighted by molar-refractivity contribution is 0.626. The second kappa shape index (κ2) is 6.72. The first kappa shape index (κ1) is 16.5. The van der Waals surface area contributed by atoms with Gasteiger partial charge in [0.15, 0.2) is 0 Å². The van der Waals surface area contributed by atoms with Crippen molar-refractivity contribution in [2.24, 2.45) is 0 Å². The number of hydrogen-bond donors (Lipinski definition) is 0. The van der Waals surface area contributed by atoms with Crippen LogP contribution in [-0.2, 0) is 0 Å². The summed E-state index contributed by atoms with van der Waals surface area (Å²) in [5, 5.41) is 2.21. The fraction of sp³-hybridized carbons (Fsp3) is 0.0417. The van der Waals surface area contributed by atoms with E-state index in [0.717, 1.165) is 33.0 Å². The first-order valence-corrected chi connectivity index (χ1v) is 8.47. The van der Waals surface area contributed by atoms with Crippen molar-refractivity contribution in [2.45, 2.75) is 5.92 Å². The van der Waals surface area contributed by atoms with Gasteiger partial charge in [-0.3, -0.25) is 0 Å². The fourth-order valence-electron chi connectivity index (χ4n) is 3.51. The van der Waals surface area contributed by atoms with Gasteiger partial charge >= 0.3 is 0 Å². The van der Waals surface area contributed by atoms with Crippen LogP contribution in [0.2, 0.25) is 0 Å². The average Bonchev–Trinajstić information content (AvgIpc) is 2.65. The molecular weight excluding hydrogens is 326 g/mol. The summed E-state index contributed by atoms with van der Waals surface area (Å²) in [5.74, 6) is -0.687. The van der Waals surface area contributed by atoms with E-state index in [-0.39, 0.29) is 17.6 Å². The summed E-state index contributed by atoms with van der Waals surface area (Å²) in [6.07, 6.45) is 0. The van der Waals surface area contributed by atoms with E-state index < -0.39 is 0 Å². The van der Waals surface area contributed by atoms with Gasteiger partial charge in [-0.15, -0.1) is 0 Å². The van der Waals surface area contributed by atoms with Gasteiger partial charge in [0.05, 0.1) is 0 Å². The Hall–Kier alpha value is -3.00. The maximum atomic E-state index is 13.5. The van der Waals surface area contributed by atoms with E-state index in [1.54, 1.807) is 24.3 Å². The second-order valence-corrected chi connectivity index (χ2v) is 6.44. The molecule has 0 atom stereocenters. The van der Waals surface area contributed by atoms with Crippen LogP contribution in [0.5, 0.6) is 0 Å². The van der Waals surface area contributed by atoms with Gasteiger partial charge in [-0.05, 0) is 64.2 Å². The largest absolute Gasteiger partial charge is 0.207 e. The van der Waals surface area contributed by atoms with Crippen LogP contribution in [0.4, 0.5) is 8.78 Å². The van der Waals surface area contributed by atoms with E-state index in [0.29, 0.717) is 0 Å². The summed E-state index contributed by atoms with van der Waals surface area (Å²) in [7, 11) is 0. The Morgan fingerprint density at radius 1 is 0.654 bits per heavy atom. The molecule has 0 heterocycles. The van der Waals surface area contributed by atoms with Crippen LogP contribution in [0.3, 0.4) is 0 Å². The Labute approximate surface area is 151 Å². The molecule has 127 valence electrons. The zero-order valence-corrected chi connectivity index (χ0v) is 14.1. The van der Waals surface area contributed by atoms with E-state index in [2.05, 4.69) is 25.1 Å². The van der Waals surface area contributed by atoms with Gasteiger partial charge < -0.3 is 0 Å². The SMILES string of the molecule is [CH2]c1cc(C(c2ccc(F)cc2)c2ccc(F)cc2)c2ccccc2c1. The predicted molar refractivity (Wildman–Crippen MR) is 102 cm³/mol. The van der Waals surface area contributed by atoms with Gasteiger partial charge in [-0.2, -0.15) is 0 Å². The van der Waals surface area contributed by atoms with E-state index in [1.807, 2.05) is 18.2 Å². The number of rotatable bonds is 3. The molecular formula is C24H17F2. The first-order chi connectivity index (χ1) is 12.6. The predicted octanol–water partition coefficient (Wildman–Crippen LogP) is 6.48. The molecule has 1 radical (unpaired) electrons. The first-order valence-electron chi connectivity index (χ1n) is 8.47. The normalized spacial score (nSPS) is 11.2. The number of halogens is 2. The smallest absolute Gasteiger partial charge is 0.123 e. The molecule has 4 rings (SSSR count). The fourth-order valence-corrected chi connectivity index (χ4v) is 3.51. The van der Waals surface area contributed by atoms with Gasteiger partial charge in [0.2, 0.25) is 0 Å². The highest BCUT2D eigenvalue weighted by Gasteiger charge is 2.19.